The van der Waals surface area contributed by atoms with Crippen LogP contribution in [0.1, 0.15) is 41.6 Å². The molecule has 2 aromatic carbocycles. The third-order valence-corrected chi connectivity index (χ3v) is 5.91. The molecule has 6 heteroatoms. The van der Waals surface area contributed by atoms with Crippen molar-refractivity contribution in [1.29, 1.82) is 0 Å². The maximum Gasteiger partial charge on any atom is 0.251 e. The molecule has 2 saturated heterocycles. The van der Waals surface area contributed by atoms with Gasteiger partial charge in [0.1, 0.15) is 0 Å². The van der Waals surface area contributed by atoms with E-state index in [-0.39, 0.29) is 17.9 Å². The summed E-state index contributed by atoms with van der Waals surface area (Å²) in [6.07, 6.45) is 3.50. The highest BCUT2D eigenvalue weighted by molar-refractivity contribution is 6.30. The summed E-state index contributed by atoms with van der Waals surface area (Å²) in [4.78, 5) is 28.9. The Balaban J connectivity index is 1.36. The molecule has 0 radical (unpaired) electrons. The van der Waals surface area contributed by atoms with Gasteiger partial charge in [0.15, 0.2) is 0 Å². The molecule has 2 aliphatic heterocycles. The minimum Gasteiger partial charge on any atom is -0.348 e. The van der Waals surface area contributed by atoms with E-state index >= 15 is 0 Å². The standard InChI is InChI=1S/C23H26ClN3O2/c24-19-10-8-17(9-11-19)15-26-12-2-5-20(16-26)25-23(29)18-4-1-6-21(14-18)27-13-3-7-22(27)28/h1,4,6,8-11,14,20H,2-3,5,7,12-13,15-16H2,(H,25,29). The molecule has 29 heavy (non-hydrogen) atoms. The van der Waals surface area contributed by atoms with Crippen LogP contribution in [0.5, 0.6) is 0 Å². The van der Waals surface area contributed by atoms with Crippen LogP contribution in [0.2, 0.25) is 5.02 Å². The van der Waals surface area contributed by atoms with Crippen LogP contribution in [0.15, 0.2) is 48.5 Å². The Labute approximate surface area is 176 Å². The molecule has 2 aliphatic rings. The Morgan fingerprint density at radius 1 is 1.10 bits per heavy atom. The molecule has 0 spiro atoms. The van der Waals surface area contributed by atoms with Crippen LogP contribution in [0.3, 0.4) is 0 Å². The van der Waals surface area contributed by atoms with Crippen molar-refractivity contribution in [3.63, 3.8) is 0 Å². The molecule has 5 nitrogen and oxygen atoms in total. The summed E-state index contributed by atoms with van der Waals surface area (Å²) in [5.74, 6) is 0.0597. The zero-order valence-corrected chi connectivity index (χ0v) is 17.2. The first kappa shape index (κ1) is 19.9. The van der Waals surface area contributed by atoms with E-state index in [0.29, 0.717) is 12.0 Å². The summed E-state index contributed by atoms with van der Waals surface area (Å²) in [6, 6.07) is 15.4. The molecule has 2 heterocycles. The van der Waals surface area contributed by atoms with Crippen LogP contribution < -0.4 is 10.2 Å². The Hall–Kier alpha value is -2.37. The second-order valence-electron chi connectivity index (χ2n) is 7.87. The maximum atomic E-state index is 12.8. The van der Waals surface area contributed by atoms with Crippen LogP contribution >= 0.6 is 11.6 Å². The molecule has 4 rings (SSSR count). The van der Waals surface area contributed by atoms with Crippen LogP contribution in [-0.2, 0) is 11.3 Å². The van der Waals surface area contributed by atoms with Crippen molar-refractivity contribution < 1.29 is 9.59 Å². The molecule has 1 atom stereocenters. The van der Waals surface area contributed by atoms with Crippen LogP contribution in [0.4, 0.5) is 5.69 Å². The monoisotopic (exact) mass is 411 g/mol. The molecule has 1 unspecified atom stereocenters. The lowest BCUT2D eigenvalue weighted by atomic mass is 10.0. The SMILES string of the molecule is O=C(NC1CCCN(Cc2ccc(Cl)cc2)C1)c1cccc(N2CCCC2=O)c1. The first-order valence-corrected chi connectivity index (χ1v) is 10.6. The fourth-order valence-electron chi connectivity index (χ4n) is 4.17. The highest BCUT2D eigenvalue weighted by Gasteiger charge is 2.24. The van der Waals surface area contributed by atoms with E-state index in [2.05, 4.69) is 22.3 Å². The predicted molar refractivity (Wildman–Crippen MR) is 115 cm³/mol. The summed E-state index contributed by atoms with van der Waals surface area (Å²) in [6.45, 7) is 3.45. The topological polar surface area (TPSA) is 52.7 Å². The Morgan fingerprint density at radius 2 is 1.93 bits per heavy atom. The zero-order valence-electron chi connectivity index (χ0n) is 16.4. The van der Waals surface area contributed by atoms with Gasteiger partial charge in [-0.05, 0) is 61.7 Å². The highest BCUT2D eigenvalue weighted by Crippen LogP contribution is 2.23. The first-order chi connectivity index (χ1) is 14.1. The van der Waals surface area contributed by atoms with Gasteiger partial charge in [0.2, 0.25) is 5.91 Å². The molecule has 152 valence electrons. The summed E-state index contributed by atoms with van der Waals surface area (Å²) < 4.78 is 0. The largest absolute Gasteiger partial charge is 0.348 e. The van der Waals surface area contributed by atoms with E-state index in [4.69, 9.17) is 11.6 Å². The van der Waals surface area contributed by atoms with Crippen molar-refractivity contribution in [2.24, 2.45) is 0 Å². The van der Waals surface area contributed by atoms with Gasteiger partial charge < -0.3 is 10.2 Å². The third-order valence-electron chi connectivity index (χ3n) is 5.65. The van der Waals surface area contributed by atoms with Gasteiger partial charge in [0.05, 0.1) is 0 Å². The van der Waals surface area contributed by atoms with Crippen molar-refractivity contribution in [3.8, 4) is 0 Å². The van der Waals surface area contributed by atoms with Crippen LogP contribution in [0.25, 0.3) is 0 Å². The zero-order chi connectivity index (χ0) is 20.2. The summed E-state index contributed by atoms with van der Waals surface area (Å²) >= 11 is 5.97. The van der Waals surface area contributed by atoms with E-state index in [0.717, 1.165) is 56.2 Å². The van der Waals surface area contributed by atoms with Crippen LogP contribution in [-0.4, -0.2) is 42.4 Å². The fourth-order valence-corrected chi connectivity index (χ4v) is 4.30. The maximum absolute atomic E-state index is 12.8. The number of carbonyl (C=O) groups excluding carboxylic acids is 2. The van der Waals surface area contributed by atoms with E-state index in [1.165, 1.54) is 5.56 Å². The van der Waals surface area contributed by atoms with Gasteiger partial charge in [-0.3, -0.25) is 14.5 Å². The molecular formula is C23H26ClN3O2. The van der Waals surface area contributed by atoms with Crippen molar-refractivity contribution in [3.05, 3.63) is 64.7 Å². The quantitative estimate of drug-likeness (QED) is 0.812. The lowest BCUT2D eigenvalue weighted by molar-refractivity contribution is -0.117. The number of rotatable bonds is 5. The van der Waals surface area contributed by atoms with Crippen LogP contribution in [0, 0.1) is 0 Å². The molecule has 0 aliphatic carbocycles. The molecule has 0 bridgehead atoms. The molecular weight excluding hydrogens is 386 g/mol. The lowest BCUT2D eigenvalue weighted by Crippen LogP contribution is -2.47. The summed E-state index contributed by atoms with van der Waals surface area (Å²) in [7, 11) is 0. The average molecular weight is 412 g/mol. The first-order valence-electron chi connectivity index (χ1n) is 10.3. The number of carbonyl (C=O) groups is 2. The lowest BCUT2D eigenvalue weighted by Gasteiger charge is -2.33. The van der Waals surface area contributed by atoms with Gasteiger partial charge in [-0.1, -0.05) is 29.8 Å². The van der Waals surface area contributed by atoms with E-state index in [1.807, 2.05) is 36.4 Å². The number of likely N-dealkylation sites (tertiary alicyclic amines) is 1. The Morgan fingerprint density at radius 3 is 2.69 bits per heavy atom. The number of anilines is 1. The van der Waals surface area contributed by atoms with Gasteiger partial charge in [0, 0.05) is 48.4 Å². The highest BCUT2D eigenvalue weighted by atomic mass is 35.5. The number of halogens is 1. The predicted octanol–water partition coefficient (Wildman–Crippen LogP) is 3.86. The number of nitrogens with zero attached hydrogens (tertiary/aromatic N) is 2. The number of amides is 2. The average Bonchev–Trinajstić information content (AvgIpc) is 3.16. The fraction of sp³-hybridized carbons (Fsp3) is 0.391. The number of piperidine rings is 1. The van der Waals surface area contributed by atoms with Gasteiger partial charge in [0.25, 0.3) is 5.91 Å². The van der Waals surface area contributed by atoms with Crippen molar-refractivity contribution in [2.45, 2.75) is 38.3 Å². The second-order valence-corrected chi connectivity index (χ2v) is 8.31. The molecule has 1 N–H and O–H groups in total. The van der Waals surface area contributed by atoms with E-state index < -0.39 is 0 Å². The number of benzene rings is 2. The molecule has 2 amide bonds. The van der Waals surface area contributed by atoms with Crippen molar-refractivity contribution in [1.82, 2.24) is 10.2 Å². The molecule has 2 fully saturated rings. The number of nitrogens with one attached hydrogen (secondary N) is 1. The van der Waals surface area contributed by atoms with Crippen molar-refractivity contribution >= 4 is 29.1 Å². The van der Waals surface area contributed by atoms with Gasteiger partial charge in [-0.25, -0.2) is 0 Å². The third kappa shape index (κ3) is 4.98. The molecule has 0 saturated carbocycles. The summed E-state index contributed by atoms with van der Waals surface area (Å²) in [5.41, 5.74) is 2.65. The van der Waals surface area contributed by atoms with E-state index in [9.17, 15) is 9.59 Å². The summed E-state index contributed by atoms with van der Waals surface area (Å²) in [5, 5.41) is 3.93. The Bertz CT molecular complexity index is 884. The van der Waals surface area contributed by atoms with Gasteiger partial charge in [-0.2, -0.15) is 0 Å². The Kier molecular flexibility index (Phi) is 6.16. The molecule has 0 aromatic heterocycles. The normalized spacial score (nSPS) is 20.1. The number of hydrogen-bond donors (Lipinski definition) is 1. The minimum atomic E-state index is -0.0724. The van der Waals surface area contributed by atoms with Gasteiger partial charge >= 0.3 is 0 Å². The second kappa shape index (κ2) is 8.97. The smallest absolute Gasteiger partial charge is 0.251 e. The number of hydrogen-bond acceptors (Lipinski definition) is 3. The molecule has 2 aromatic rings. The van der Waals surface area contributed by atoms with E-state index in [1.54, 1.807) is 4.90 Å². The van der Waals surface area contributed by atoms with Gasteiger partial charge in [-0.15, -0.1) is 0 Å². The minimum absolute atomic E-state index is 0.0724. The van der Waals surface area contributed by atoms with Crippen molar-refractivity contribution in [2.75, 3.05) is 24.5 Å².